The fourth-order valence-corrected chi connectivity index (χ4v) is 3.60. The maximum atomic E-state index is 12.3. The number of cyclic esters (lactones) is 1. The molecule has 162 valence electrons. The molecule has 3 atom stereocenters. The van der Waals surface area contributed by atoms with Crippen LogP contribution in [0.1, 0.15) is 31.3 Å². The largest absolute Gasteiger partial charge is 0.447 e. The van der Waals surface area contributed by atoms with Crippen molar-refractivity contribution in [2.45, 2.75) is 38.3 Å². The predicted molar refractivity (Wildman–Crippen MR) is 115 cm³/mol. The summed E-state index contributed by atoms with van der Waals surface area (Å²) in [7, 11) is 1.61. The van der Waals surface area contributed by atoms with Crippen LogP contribution in [-0.4, -0.2) is 47.1 Å². The number of methoxy groups -OCH3 is 1. The summed E-state index contributed by atoms with van der Waals surface area (Å²) >= 11 is 5.95. The lowest BCUT2D eigenvalue weighted by Crippen LogP contribution is -2.42. The number of carbonyl (C=O) groups is 1. The van der Waals surface area contributed by atoms with Crippen LogP contribution in [0.5, 0.6) is 0 Å². The highest BCUT2D eigenvalue weighted by Crippen LogP contribution is 2.28. The van der Waals surface area contributed by atoms with Gasteiger partial charge < -0.3 is 14.0 Å². The Labute approximate surface area is 185 Å². The van der Waals surface area contributed by atoms with Crippen molar-refractivity contribution >= 4 is 23.5 Å². The molecule has 8 nitrogen and oxygen atoms in total. The minimum Gasteiger partial charge on any atom is -0.447 e. The van der Waals surface area contributed by atoms with E-state index in [1.54, 1.807) is 19.4 Å². The number of halogens is 1. The van der Waals surface area contributed by atoms with Crippen molar-refractivity contribution in [3.8, 4) is 11.3 Å². The van der Waals surface area contributed by atoms with Crippen molar-refractivity contribution < 1.29 is 18.8 Å². The number of nitrogens with zero attached hydrogens (tertiary/aromatic N) is 4. The van der Waals surface area contributed by atoms with Crippen molar-refractivity contribution in [1.82, 2.24) is 15.1 Å². The molecule has 0 radical (unpaired) electrons. The second-order valence-corrected chi connectivity index (χ2v) is 7.95. The summed E-state index contributed by atoms with van der Waals surface area (Å²) < 4.78 is 16.1. The Hall–Kier alpha value is -2.97. The summed E-state index contributed by atoms with van der Waals surface area (Å²) in [5.41, 5.74) is 1.70. The van der Waals surface area contributed by atoms with Gasteiger partial charge in [0.15, 0.2) is 5.76 Å². The van der Waals surface area contributed by atoms with E-state index in [1.807, 2.05) is 44.2 Å². The van der Waals surface area contributed by atoms with E-state index in [0.29, 0.717) is 28.8 Å². The van der Waals surface area contributed by atoms with Gasteiger partial charge in [-0.1, -0.05) is 23.7 Å². The lowest BCUT2D eigenvalue weighted by Gasteiger charge is -2.24. The Morgan fingerprint density at radius 1 is 1.26 bits per heavy atom. The third kappa shape index (κ3) is 4.55. The molecule has 1 amide bonds. The van der Waals surface area contributed by atoms with Gasteiger partial charge in [0, 0.05) is 42.3 Å². The van der Waals surface area contributed by atoms with Gasteiger partial charge >= 0.3 is 6.09 Å². The number of amides is 1. The van der Waals surface area contributed by atoms with Gasteiger partial charge in [0.1, 0.15) is 24.3 Å². The normalized spacial score (nSPS) is 18.1. The molecule has 0 unspecified atom stereocenters. The molecule has 2 aromatic heterocycles. The maximum Gasteiger partial charge on any atom is 0.416 e. The van der Waals surface area contributed by atoms with Crippen LogP contribution >= 0.6 is 11.6 Å². The fourth-order valence-electron chi connectivity index (χ4n) is 3.47. The average molecular weight is 443 g/mol. The number of ether oxygens (including phenoxy) is 2. The first-order chi connectivity index (χ1) is 15.0. The smallest absolute Gasteiger partial charge is 0.416 e. The van der Waals surface area contributed by atoms with Gasteiger partial charge in [-0.05, 0) is 37.3 Å². The molecule has 0 aliphatic carbocycles. The van der Waals surface area contributed by atoms with Crippen molar-refractivity contribution in [2.75, 3.05) is 18.6 Å². The lowest BCUT2D eigenvalue weighted by molar-refractivity contribution is 0.0881. The van der Waals surface area contributed by atoms with Crippen LogP contribution in [0, 0.1) is 0 Å². The van der Waals surface area contributed by atoms with Gasteiger partial charge in [0.05, 0.1) is 11.8 Å². The third-order valence-corrected chi connectivity index (χ3v) is 5.66. The van der Waals surface area contributed by atoms with Crippen LogP contribution in [0.2, 0.25) is 5.02 Å². The first kappa shape index (κ1) is 21.3. The van der Waals surface area contributed by atoms with Gasteiger partial charge in [-0.25, -0.2) is 14.8 Å². The van der Waals surface area contributed by atoms with Crippen LogP contribution < -0.4 is 4.90 Å². The van der Waals surface area contributed by atoms with E-state index in [0.717, 1.165) is 11.3 Å². The number of benzene rings is 1. The molecular formula is C22H23ClN4O4. The molecular weight excluding hydrogens is 420 g/mol. The maximum absolute atomic E-state index is 12.3. The van der Waals surface area contributed by atoms with Crippen molar-refractivity contribution in [1.29, 1.82) is 0 Å². The van der Waals surface area contributed by atoms with Gasteiger partial charge in [-0.3, -0.25) is 4.90 Å². The highest BCUT2D eigenvalue weighted by atomic mass is 35.5. The number of carbonyl (C=O) groups excluding carboxylic acids is 1. The summed E-state index contributed by atoms with van der Waals surface area (Å²) in [4.78, 5) is 22.8. The number of hydrogen-bond donors (Lipinski definition) is 0. The zero-order valence-corrected chi connectivity index (χ0v) is 18.2. The molecule has 1 fully saturated rings. The summed E-state index contributed by atoms with van der Waals surface area (Å²) in [5, 5.41) is 4.87. The Kier molecular flexibility index (Phi) is 6.20. The van der Waals surface area contributed by atoms with Crippen LogP contribution in [0.3, 0.4) is 0 Å². The summed E-state index contributed by atoms with van der Waals surface area (Å²) in [6.45, 7) is 4.18. The Bertz CT molecular complexity index is 1060. The second kappa shape index (κ2) is 9.03. The zero-order chi connectivity index (χ0) is 22.0. The minimum absolute atomic E-state index is 0.0132. The molecule has 4 rings (SSSR count). The highest BCUT2D eigenvalue weighted by Gasteiger charge is 2.39. The molecule has 1 aromatic carbocycles. The monoisotopic (exact) mass is 442 g/mol. The molecule has 1 saturated heterocycles. The number of anilines is 1. The SMILES string of the molecule is CO[C@H](C)[C@H]1COC(=O)N1c1ccnc(C[C@@H](C)c2cc(-c3ccc(Cl)cc3)on2)n1. The van der Waals surface area contributed by atoms with E-state index in [2.05, 4.69) is 15.1 Å². The van der Waals surface area contributed by atoms with Crippen LogP contribution in [0.25, 0.3) is 11.3 Å². The summed E-state index contributed by atoms with van der Waals surface area (Å²) in [6, 6.07) is 10.8. The molecule has 1 aliphatic rings. The molecule has 9 heteroatoms. The van der Waals surface area contributed by atoms with Crippen LogP contribution in [-0.2, 0) is 15.9 Å². The fraction of sp³-hybridized carbons (Fsp3) is 0.364. The van der Waals surface area contributed by atoms with E-state index < -0.39 is 6.09 Å². The van der Waals surface area contributed by atoms with Crippen molar-refractivity contribution in [2.24, 2.45) is 0 Å². The predicted octanol–water partition coefficient (Wildman–Crippen LogP) is 4.49. The molecule has 0 spiro atoms. The van der Waals surface area contributed by atoms with E-state index in [4.69, 9.17) is 25.6 Å². The minimum atomic E-state index is -0.435. The standard InChI is InChI=1S/C22H23ClN4O4/c1-13(17-11-19(31-26-17)15-4-6-16(23)7-5-15)10-20-24-9-8-21(25-20)27-18(14(2)29-3)12-30-22(27)28/h4-9,11,13-14,18H,10,12H2,1-3H3/t13-,14-,18-/m1/s1. The Morgan fingerprint density at radius 3 is 2.77 bits per heavy atom. The van der Waals surface area contributed by atoms with Gasteiger partial charge in [-0.2, -0.15) is 0 Å². The number of aromatic nitrogens is 3. The van der Waals surface area contributed by atoms with E-state index >= 15 is 0 Å². The van der Waals surface area contributed by atoms with Crippen molar-refractivity contribution in [3.05, 3.63) is 59.1 Å². The quantitative estimate of drug-likeness (QED) is 0.532. The van der Waals surface area contributed by atoms with E-state index in [1.165, 1.54) is 4.90 Å². The molecule has 1 aliphatic heterocycles. The van der Waals surface area contributed by atoms with Crippen molar-refractivity contribution in [3.63, 3.8) is 0 Å². The first-order valence-corrected chi connectivity index (χ1v) is 10.4. The average Bonchev–Trinajstić information content (AvgIpc) is 3.41. The van der Waals surface area contributed by atoms with Crippen LogP contribution in [0.15, 0.2) is 47.1 Å². The van der Waals surface area contributed by atoms with E-state index in [-0.39, 0.29) is 24.7 Å². The molecule has 3 aromatic rings. The second-order valence-electron chi connectivity index (χ2n) is 7.51. The zero-order valence-electron chi connectivity index (χ0n) is 17.5. The van der Waals surface area contributed by atoms with Crippen LogP contribution in [0.4, 0.5) is 10.6 Å². The first-order valence-electron chi connectivity index (χ1n) is 9.99. The third-order valence-electron chi connectivity index (χ3n) is 5.41. The molecule has 0 saturated carbocycles. The van der Waals surface area contributed by atoms with Gasteiger partial charge in [-0.15, -0.1) is 0 Å². The number of rotatable bonds is 7. The highest BCUT2D eigenvalue weighted by molar-refractivity contribution is 6.30. The number of hydrogen-bond acceptors (Lipinski definition) is 7. The summed E-state index contributed by atoms with van der Waals surface area (Å²) in [6.07, 6.45) is 1.56. The Balaban J connectivity index is 1.50. The van der Waals surface area contributed by atoms with E-state index in [9.17, 15) is 4.79 Å². The molecule has 31 heavy (non-hydrogen) atoms. The summed E-state index contributed by atoms with van der Waals surface area (Å²) in [5.74, 6) is 1.78. The van der Waals surface area contributed by atoms with Gasteiger partial charge in [0.2, 0.25) is 0 Å². The molecule has 0 bridgehead atoms. The lowest BCUT2D eigenvalue weighted by atomic mass is 10.0. The topological polar surface area (TPSA) is 90.6 Å². The molecule has 3 heterocycles. The Morgan fingerprint density at radius 2 is 2.03 bits per heavy atom. The van der Waals surface area contributed by atoms with Gasteiger partial charge in [0.25, 0.3) is 0 Å². The molecule has 0 N–H and O–H groups in total.